The smallest absolute Gasteiger partial charge is 0.243 e. The monoisotopic (exact) mass is 370 g/mol. The molecule has 130 valence electrons. The van der Waals surface area contributed by atoms with Crippen molar-refractivity contribution in [2.45, 2.75) is 17.7 Å². The molecule has 0 saturated carbocycles. The zero-order valence-corrected chi connectivity index (χ0v) is 14.6. The molecule has 1 saturated heterocycles. The fraction of sp³-hybridized carbons (Fsp3) is 0.438. The maximum atomic E-state index is 12.7. The van der Waals surface area contributed by atoms with Gasteiger partial charge >= 0.3 is 0 Å². The lowest BCUT2D eigenvalue weighted by atomic mass is 9.84. The number of sulfonamides is 1. The summed E-state index contributed by atoms with van der Waals surface area (Å²) in [6.07, 6.45) is 2.47. The average Bonchev–Trinajstić information content (AvgIpc) is 3.03. The fourth-order valence-electron chi connectivity index (χ4n) is 2.91. The Kier molecular flexibility index (Phi) is 5.08. The molecule has 6 nitrogen and oxygen atoms in total. The molecule has 1 atom stereocenters. The highest BCUT2D eigenvalue weighted by Gasteiger charge is 2.36. The number of aromatic nitrogens is 1. The Morgan fingerprint density at radius 1 is 1.38 bits per heavy atom. The number of rotatable bonds is 6. The lowest BCUT2D eigenvalue weighted by Gasteiger charge is -2.26. The predicted octanol–water partition coefficient (Wildman–Crippen LogP) is 1.96. The van der Waals surface area contributed by atoms with Crippen LogP contribution in [0.25, 0.3) is 10.9 Å². The number of halogens is 1. The number of para-hydroxylation sites is 1. The van der Waals surface area contributed by atoms with Gasteiger partial charge in [0.15, 0.2) is 0 Å². The summed E-state index contributed by atoms with van der Waals surface area (Å²) in [5.41, 5.74) is 0.265. The highest BCUT2D eigenvalue weighted by Crippen LogP contribution is 2.33. The van der Waals surface area contributed by atoms with Gasteiger partial charge in [0.25, 0.3) is 0 Å². The quantitative estimate of drug-likeness (QED) is 0.811. The SMILES string of the molecule is O=S(=O)(NCC1(CCO)CCOC1)c1cnc2ccccc2c1Cl. The highest BCUT2D eigenvalue weighted by atomic mass is 35.5. The van der Waals surface area contributed by atoms with Crippen LogP contribution in [-0.4, -0.2) is 44.9 Å². The number of fused-ring (bicyclic) bond motifs is 1. The molecule has 1 aliphatic rings. The number of aliphatic hydroxyl groups is 1. The molecule has 8 heteroatoms. The van der Waals surface area contributed by atoms with Crippen LogP contribution in [-0.2, 0) is 14.8 Å². The van der Waals surface area contributed by atoms with Gasteiger partial charge in [0, 0.05) is 36.8 Å². The summed E-state index contributed by atoms with van der Waals surface area (Å²) in [4.78, 5) is 4.13. The lowest BCUT2D eigenvalue weighted by Crippen LogP contribution is -2.38. The second-order valence-corrected chi connectivity index (χ2v) is 8.17. The van der Waals surface area contributed by atoms with E-state index in [2.05, 4.69) is 9.71 Å². The van der Waals surface area contributed by atoms with E-state index in [0.29, 0.717) is 37.0 Å². The van der Waals surface area contributed by atoms with Crippen molar-refractivity contribution >= 4 is 32.5 Å². The van der Waals surface area contributed by atoms with E-state index in [0.717, 1.165) is 0 Å². The summed E-state index contributed by atoms with van der Waals surface area (Å²) in [6, 6.07) is 7.11. The van der Waals surface area contributed by atoms with Crippen molar-refractivity contribution in [1.82, 2.24) is 9.71 Å². The van der Waals surface area contributed by atoms with Gasteiger partial charge in [-0.3, -0.25) is 4.98 Å². The van der Waals surface area contributed by atoms with Crippen LogP contribution in [0.4, 0.5) is 0 Å². The van der Waals surface area contributed by atoms with Crippen LogP contribution in [0, 0.1) is 5.41 Å². The van der Waals surface area contributed by atoms with E-state index in [9.17, 15) is 13.5 Å². The van der Waals surface area contributed by atoms with Crippen LogP contribution in [0.3, 0.4) is 0 Å². The molecule has 0 bridgehead atoms. The molecule has 0 aliphatic carbocycles. The normalized spacial score (nSPS) is 21.4. The molecule has 0 amide bonds. The van der Waals surface area contributed by atoms with E-state index in [4.69, 9.17) is 16.3 Å². The first-order valence-corrected chi connectivity index (χ1v) is 9.55. The summed E-state index contributed by atoms with van der Waals surface area (Å²) < 4.78 is 33.3. The van der Waals surface area contributed by atoms with E-state index >= 15 is 0 Å². The second kappa shape index (κ2) is 6.93. The van der Waals surface area contributed by atoms with Crippen molar-refractivity contribution in [3.63, 3.8) is 0 Å². The standard InChI is InChI=1S/C16H19ClN2O4S/c17-15-12-3-1-2-4-13(12)18-9-14(15)24(21,22)19-10-16(5-7-20)6-8-23-11-16/h1-4,9,19-20H,5-8,10-11H2. The Morgan fingerprint density at radius 3 is 2.88 bits per heavy atom. The van der Waals surface area contributed by atoms with Crippen LogP contribution in [0.5, 0.6) is 0 Å². The minimum Gasteiger partial charge on any atom is -0.396 e. The Bertz CT molecular complexity index is 835. The van der Waals surface area contributed by atoms with E-state index < -0.39 is 10.0 Å². The first-order chi connectivity index (χ1) is 11.5. The van der Waals surface area contributed by atoms with Gasteiger partial charge in [0.1, 0.15) is 4.90 Å². The second-order valence-electron chi connectivity index (χ2n) is 6.05. The van der Waals surface area contributed by atoms with Crippen molar-refractivity contribution in [2.24, 2.45) is 5.41 Å². The molecule has 1 aromatic heterocycles. The van der Waals surface area contributed by atoms with Gasteiger partial charge in [-0.25, -0.2) is 13.1 Å². The van der Waals surface area contributed by atoms with Crippen LogP contribution < -0.4 is 4.72 Å². The number of hydrogen-bond donors (Lipinski definition) is 2. The zero-order chi connectivity index (χ0) is 17.2. The Balaban J connectivity index is 1.87. The number of hydrogen-bond acceptors (Lipinski definition) is 5. The number of pyridine rings is 1. The highest BCUT2D eigenvalue weighted by molar-refractivity contribution is 7.89. The van der Waals surface area contributed by atoms with Crippen molar-refractivity contribution in [1.29, 1.82) is 0 Å². The molecule has 1 fully saturated rings. The summed E-state index contributed by atoms with van der Waals surface area (Å²) in [5, 5.41) is 9.99. The van der Waals surface area contributed by atoms with Gasteiger partial charge in [0.2, 0.25) is 10.0 Å². The predicted molar refractivity (Wildman–Crippen MR) is 91.5 cm³/mol. The number of aliphatic hydroxyl groups excluding tert-OH is 1. The molecule has 0 radical (unpaired) electrons. The lowest BCUT2D eigenvalue weighted by molar-refractivity contribution is 0.128. The third-order valence-corrected chi connectivity index (χ3v) is 6.36. The fourth-order valence-corrected chi connectivity index (χ4v) is 4.62. The summed E-state index contributed by atoms with van der Waals surface area (Å²) >= 11 is 6.29. The van der Waals surface area contributed by atoms with Gasteiger partial charge in [-0.2, -0.15) is 0 Å². The van der Waals surface area contributed by atoms with E-state index in [1.54, 1.807) is 18.2 Å². The van der Waals surface area contributed by atoms with E-state index in [-0.39, 0.29) is 28.5 Å². The summed E-state index contributed by atoms with van der Waals surface area (Å²) in [5.74, 6) is 0. The molecule has 1 unspecified atom stereocenters. The number of benzene rings is 1. The maximum absolute atomic E-state index is 12.7. The molecular formula is C16H19ClN2O4S. The average molecular weight is 371 g/mol. The topological polar surface area (TPSA) is 88.5 Å². The number of nitrogens with one attached hydrogen (secondary N) is 1. The zero-order valence-electron chi connectivity index (χ0n) is 13.0. The maximum Gasteiger partial charge on any atom is 0.243 e. The molecule has 2 N–H and O–H groups in total. The van der Waals surface area contributed by atoms with Crippen molar-refractivity contribution in [3.8, 4) is 0 Å². The van der Waals surface area contributed by atoms with Crippen molar-refractivity contribution in [3.05, 3.63) is 35.5 Å². The Labute approximate surface area is 145 Å². The third kappa shape index (κ3) is 3.41. The van der Waals surface area contributed by atoms with Gasteiger partial charge in [-0.1, -0.05) is 29.8 Å². The minimum absolute atomic E-state index is 0.0105. The van der Waals surface area contributed by atoms with Crippen LogP contribution in [0.1, 0.15) is 12.8 Å². The van der Waals surface area contributed by atoms with Crippen molar-refractivity contribution < 1.29 is 18.3 Å². The van der Waals surface area contributed by atoms with Crippen LogP contribution >= 0.6 is 11.6 Å². The molecule has 2 aromatic rings. The number of nitrogens with zero attached hydrogens (tertiary/aromatic N) is 1. The van der Waals surface area contributed by atoms with Gasteiger partial charge < -0.3 is 9.84 Å². The molecule has 24 heavy (non-hydrogen) atoms. The molecule has 2 heterocycles. The van der Waals surface area contributed by atoms with Gasteiger partial charge in [0.05, 0.1) is 17.1 Å². The summed E-state index contributed by atoms with van der Waals surface area (Å²) in [6.45, 7) is 1.18. The first kappa shape index (κ1) is 17.6. The third-order valence-electron chi connectivity index (χ3n) is 4.43. The Hall–Kier alpha value is -1.25. The minimum atomic E-state index is -3.81. The van der Waals surface area contributed by atoms with Gasteiger partial charge in [-0.15, -0.1) is 0 Å². The Morgan fingerprint density at radius 2 is 2.17 bits per heavy atom. The van der Waals surface area contributed by atoms with Crippen LogP contribution in [0.15, 0.2) is 35.4 Å². The van der Waals surface area contributed by atoms with Crippen LogP contribution in [0.2, 0.25) is 5.02 Å². The molecule has 0 spiro atoms. The molecular weight excluding hydrogens is 352 g/mol. The van der Waals surface area contributed by atoms with E-state index in [1.165, 1.54) is 6.20 Å². The summed E-state index contributed by atoms with van der Waals surface area (Å²) in [7, 11) is -3.81. The largest absolute Gasteiger partial charge is 0.396 e. The molecule has 3 rings (SSSR count). The van der Waals surface area contributed by atoms with Crippen molar-refractivity contribution in [2.75, 3.05) is 26.4 Å². The number of ether oxygens (including phenoxy) is 1. The molecule has 1 aromatic carbocycles. The molecule has 1 aliphatic heterocycles. The first-order valence-electron chi connectivity index (χ1n) is 7.69. The van der Waals surface area contributed by atoms with Gasteiger partial charge in [-0.05, 0) is 18.9 Å². The van der Waals surface area contributed by atoms with E-state index in [1.807, 2.05) is 6.07 Å².